The molecule has 19 rings (SSSR count). The molecule has 0 unspecified atom stereocenters. The van der Waals surface area contributed by atoms with Gasteiger partial charge in [-0.3, -0.25) is 44.2 Å². The fourth-order valence-electron chi connectivity index (χ4n) is 18.2. The van der Waals surface area contributed by atoms with Gasteiger partial charge < -0.3 is 93.9 Å². The first kappa shape index (κ1) is 106. The minimum Gasteiger partial charge on any atom is -0.497 e. The van der Waals surface area contributed by atoms with Crippen molar-refractivity contribution in [2.45, 2.75) is 78.8 Å². The highest BCUT2D eigenvalue weighted by atomic mass is 35.5. The third kappa shape index (κ3) is 24.1. The number of hydrogen-bond acceptors (Lipinski definition) is 28. The van der Waals surface area contributed by atoms with Gasteiger partial charge in [-0.1, -0.05) is 131 Å². The van der Waals surface area contributed by atoms with Crippen LogP contribution in [0.5, 0.6) is 46.0 Å². The Morgan fingerprint density at radius 2 is 0.870 bits per heavy atom. The Morgan fingerprint density at radius 1 is 0.432 bits per heavy atom. The van der Waals surface area contributed by atoms with Crippen LogP contribution >= 0.6 is 80.9 Å². The highest BCUT2D eigenvalue weighted by Crippen LogP contribution is 2.50. The summed E-state index contributed by atoms with van der Waals surface area (Å²) in [5.41, 5.74) is 16.5. The Kier molecular flexibility index (Phi) is 34.7. The smallest absolute Gasteiger partial charge is 0.285 e. The van der Waals surface area contributed by atoms with Crippen LogP contribution in [0.25, 0.3) is 44.6 Å². The first-order chi connectivity index (χ1) is 70.6. The number of carbonyl (C=O) groups is 4. The van der Waals surface area contributed by atoms with E-state index in [1.807, 2.05) is 117 Å². The number of aromatic nitrogens is 5. The lowest BCUT2D eigenvalue weighted by Gasteiger charge is -2.37. The topological polar surface area (TPSA) is 338 Å². The Bertz CT molecular complexity index is 6870. The van der Waals surface area contributed by atoms with Gasteiger partial charge >= 0.3 is 0 Å². The molecule has 32 nitrogen and oxygen atoms in total. The largest absolute Gasteiger partial charge is 0.497 e. The zero-order valence-corrected chi connectivity index (χ0v) is 88.8. The molecule has 3 saturated heterocycles. The number of ether oxygens (including phenoxy) is 8. The number of hydrogen-bond donors (Lipinski definition) is 6. The Hall–Kier alpha value is -13.2. The molecule has 7 aliphatic rings. The van der Waals surface area contributed by atoms with Gasteiger partial charge in [0.05, 0.1) is 136 Å². The number of rotatable bonds is 25. The van der Waals surface area contributed by atoms with Crippen LogP contribution in [0.4, 0.5) is 16.5 Å². The number of likely N-dealkylation sites (N-methyl/N-ethyl adjacent to an activating group) is 2. The van der Waals surface area contributed by atoms with E-state index in [0.717, 1.165) is 193 Å². The molecule has 3 fully saturated rings. The fraction of sp³-hybridized carbons (Fsp3) is 0.327. The van der Waals surface area contributed by atoms with E-state index >= 15 is 0 Å². The third-order valence-corrected chi connectivity index (χ3v) is 29.3. The van der Waals surface area contributed by atoms with Crippen LogP contribution in [0.3, 0.4) is 0 Å². The number of amidine groups is 4. The normalized spacial score (nSPS) is 15.5. The summed E-state index contributed by atoms with van der Waals surface area (Å²) >= 11 is 40.9. The minimum absolute atomic E-state index is 0.156. The predicted molar refractivity (Wildman–Crippen MR) is 580 cm³/mol. The zero-order chi connectivity index (χ0) is 103. The SMILES string of the molecule is CCN1CCN(c2ccc(C(=O)NC3=NCc4nc(-c5c(Cl)c(OC)cc(OC)c5Cl)ccc43)cn2)CC1.CCN1CCN(c2cnc(C(=O)NC3=NCc4cc(-c5c(Cl)c(OC)cc(OC)c5Cl)ccc43)s2)CC1.COc1cc(OC)c(Cl)c(-c2ccc3c(c2)CN=C3NC(=O)c2cc(CCCN(C)C)[nH]n2)c1Cl.COc1cc(OC)cc(-c2ccc3c(c2)CN=C3NC(=O)c2ccc(N3C[C@@H](C)N[C@@H](C)C3)cc2)c1. The van der Waals surface area contributed by atoms with Crippen molar-refractivity contribution in [1.82, 2.24) is 66.4 Å². The van der Waals surface area contributed by atoms with E-state index in [1.54, 1.807) is 77.2 Å². The number of halogens is 6. The number of benzene rings is 8. The monoisotopic (exact) mass is 2110 g/mol. The molecule has 12 aromatic rings. The van der Waals surface area contributed by atoms with Gasteiger partial charge in [-0.2, -0.15) is 5.10 Å². The summed E-state index contributed by atoms with van der Waals surface area (Å²) in [6.45, 7) is 23.2. The fourth-order valence-corrected chi connectivity index (χ4v) is 21.2. The van der Waals surface area contributed by atoms with E-state index in [1.165, 1.54) is 39.8 Å². The van der Waals surface area contributed by atoms with E-state index < -0.39 is 0 Å². The molecule has 0 radical (unpaired) electrons. The maximum Gasteiger partial charge on any atom is 0.285 e. The minimum atomic E-state index is -0.306. The number of methoxy groups -OCH3 is 8. The number of pyridine rings is 2. The van der Waals surface area contributed by atoms with Crippen LogP contribution in [-0.2, 0) is 32.6 Å². The molecule has 0 saturated carbocycles. The van der Waals surface area contributed by atoms with Crippen molar-refractivity contribution in [2.24, 2.45) is 20.0 Å². The van der Waals surface area contributed by atoms with Crippen molar-refractivity contribution in [3.05, 3.63) is 260 Å². The molecule has 2 atom stereocenters. The number of anilines is 3. The molecule has 146 heavy (non-hydrogen) atoms. The highest BCUT2D eigenvalue weighted by Gasteiger charge is 2.33. The van der Waals surface area contributed by atoms with Crippen molar-refractivity contribution < 1.29 is 57.1 Å². The van der Waals surface area contributed by atoms with E-state index in [-0.39, 0.29) is 23.6 Å². The molecular weight excluding hydrogens is 2000 g/mol. The molecule has 8 aromatic carbocycles. The van der Waals surface area contributed by atoms with E-state index in [0.29, 0.717) is 176 Å². The lowest BCUT2D eigenvalue weighted by atomic mass is 9.99. The number of nitrogens with one attached hydrogen (secondary N) is 6. The summed E-state index contributed by atoms with van der Waals surface area (Å²) in [4.78, 5) is 97.4. The van der Waals surface area contributed by atoms with Crippen molar-refractivity contribution in [3.63, 3.8) is 0 Å². The summed E-state index contributed by atoms with van der Waals surface area (Å²) < 4.78 is 43.1. The number of aryl methyl sites for hydroxylation is 1. The third-order valence-electron chi connectivity index (χ3n) is 26.0. The van der Waals surface area contributed by atoms with Crippen LogP contribution in [0.2, 0.25) is 30.1 Å². The van der Waals surface area contributed by atoms with Gasteiger partial charge in [0.15, 0.2) is 10.7 Å². The van der Waals surface area contributed by atoms with Crippen LogP contribution in [0, 0.1) is 0 Å². The van der Waals surface area contributed by atoms with E-state index in [9.17, 15) is 19.2 Å². The molecule has 762 valence electrons. The first-order valence-corrected chi connectivity index (χ1v) is 50.7. The number of carbonyl (C=O) groups excluding carboxylic acids is 4. The number of aliphatic imine (C=N–C) groups is 4. The van der Waals surface area contributed by atoms with Gasteiger partial charge in [0.2, 0.25) is 0 Å². The summed E-state index contributed by atoms with van der Waals surface area (Å²) in [5, 5.41) is 26.1. The second-order valence-corrected chi connectivity index (χ2v) is 38.9. The summed E-state index contributed by atoms with van der Waals surface area (Å²) in [7, 11) is 16.6. The lowest BCUT2D eigenvalue weighted by Crippen LogP contribution is -2.54. The summed E-state index contributed by atoms with van der Waals surface area (Å²) in [6.07, 6.45) is 5.19. The maximum absolute atomic E-state index is 13.0. The zero-order valence-electron chi connectivity index (χ0n) is 83.4. The van der Waals surface area contributed by atoms with Crippen LogP contribution in [-0.4, -0.2) is 255 Å². The molecule has 4 aromatic heterocycles. The highest BCUT2D eigenvalue weighted by molar-refractivity contribution is 7.17. The van der Waals surface area contributed by atoms with E-state index in [4.69, 9.17) is 112 Å². The van der Waals surface area contributed by atoms with Gasteiger partial charge in [-0.25, -0.2) is 15.0 Å². The molecular formula is C107H114Cl6N20O12S. The van der Waals surface area contributed by atoms with Crippen molar-refractivity contribution in [2.75, 3.05) is 171 Å². The van der Waals surface area contributed by atoms with Gasteiger partial charge in [-0.15, -0.1) is 0 Å². The quantitative estimate of drug-likeness (QED) is 0.0309. The number of piperazine rings is 3. The van der Waals surface area contributed by atoms with Crippen molar-refractivity contribution >= 4 is 144 Å². The Balaban J connectivity index is 0.000000139. The lowest BCUT2D eigenvalue weighted by molar-refractivity contribution is 0.0965. The molecule has 4 amide bonds. The van der Waals surface area contributed by atoms with Crippen LogP contribution in [0.15, 0.2) is 178 Å². The van der Waals surface area contributed by atoms with Crippen molar-refractivity contribution in [3.8, 4) is 90.6 Å². The number of thiazole rings is 1. The molecule has 39 heteroatoms. The summed E-state index contributed by atoms with van der Waals surface area (Å²) in [6, 6.07) is 46.2. The van der Waals surface area contributed by atoms with E-state index in [2.05, 4.69) is 130 Å². The standard InChI is InChI=1S/C29H32N4O3.C27H28Cl2N6O3.C26H27Cl2N5O3S.C25H27Cl2N5O3/c1-18-16-33(17-19(2)31-18)24-8-5-20(6-9-24)29(34)32-28-27-10-7-21(11-23(27)15-30-28)22-12-25(35-3)14-26(13-22)36-4;1-4-34-9-11-35(12-10-34)22-8-5-16(14-30-22)27(36)33-26-17-6-7-18(32-19(17)15-31-26)23-24(28)20(37-2)13-21(38-3)25(23)29;1-4-32-7-9-33(10-8-32)20-14-30-26(37-20)25(34)31-24-17-6-5-15(11-16(17)13-29-24)21-22(27)18(35-2)12-19(36-3)23(21)28;1-32(2)9-5-6-16-11-18(31-30-16)25(33)29-24-17-8-7-14(10-15(17)13-28-24)21-22(26)19(34-3)12-20(35-4)23(21)27/h5-14,18-19,31H,15-17H2,1-4H3,(H,30,32,34);5-8,13-14H,4,9-12,15H2,1-3H3,(H,31,33,36);5-6,11-12,14H,4,7-10,13H2,1-3H3,(H,29,31,34);7-8,10-12H,5-6,9,13H2,1-4H3,(H,30,31)(H,28,29,33)/t18-,19+;;;. The average molecular weight is 2120 g/mol. The number of H-pyrrole nitrogens is 1. The number of nitrogens with zero attached hydrogens (tertiary/aromatic N) is 14. The van der Waals surface area contributed by atoms with Crippen LogP contribution in [0.1, 0.15) is 125 Å². The molecule has 6 N–H and O–H groups in total. The average Bonchev–Trinajstić information content (AvgIpc) is 1.51. The van der Waals surface area contributed by atoms with Gasteiger partial charge in [0.25, 0.3) is 23.6 Å². The first-order valence-electron chi connectivity index (χ1n) is 47.7. The Morgan fingerprint density at radius 3 is 1.34 bits per heavy atom. The number of aromatic amines is 1. The van der Waals surface area contributed by atoms with Crippen molar-refractivity contribution in [1.29, 1.82) is 0 Å². The summed E-state index contributed by atoms with van der Waals surface area (Å²) in [5.74, 6) is 6.19. The molecule has 0 bridgehead atoms. The van der Waals surface area contributed by atoms with Gasteiger partial charge in [-0.05, 0) is 184 Å². The Labute approximate surface area is 882 Å². The number of amides is 4. The van der Waals surface area contributed by atoms with Gasteiger partial charge in [0.1, 0.15) is 80.2 Å². The van der Waals surface area contributed by atoms with Gasteiger partial charge in [0, 0.05) is 164 Å². The second-order valence-electron chi connectivity index (χ2n) is 35.6. The molecule has 0 aliphatic carbocycles. The molecule has 11 heterocycles. The molecule has 7 aliphatic heterocycles. The van der Waals surface area contributed by atoms with Crippen LogP contribution < -0.4 is 79.2 Å². The maximum atomic E-state index is 13.0. The molecule has 0 spiro atoms. The predicted octanol–water partition coefficient (Wildman–Crippen LogP) is 18.1. The number of fused-ring (bicyclic) bond motifs is 4. The second kappa shape index (κ2) is 48.0.